The Hall–Kier alpha value is -2.07. The van der Waals surface area contributed by atoms with E-state index in [1.165, 1.54) is 0 Å². The van der Waals surface area contributed by atoms with Gasteiger partial charge in [-0.3, -0.25) is 0 Å². The summed E-state index contributed by atoms with van der Waals surface area (Å²) in [7, 11) is 0. The van der Waals surface area contributed by atoms with Gasteiger partial charge in [-0.2, -0.15) is 5.26 Å². The van der Waals surface area contributed by atoms with E-state index in [9.17, 15) is 0 Å². The molecule has 0 heterocycles. The number of hydrogen-bond donors (Lipinski definition) is 0. The highest BCUT2D eigenvalue weighted by molar-refractivity contribution is 5.75. The van der Waals surface area contributed by atoms with Crippen molar-refractivity contribution >= 4 is 5.57 Å². The summed E-state index contributed by atoms with van der Waals surface area (Å²) in [5, 5.41) is 8.72. The molecule has 0 aliphatic carbocycles. The third-order valence-corrected chi connectivity index (χ3v) is 2.36. The number of nitriles is 1. The second-order valence-corrected chi connectivity index (χ2v) is 3.53. The SMILES string of the molecule is C=C/C(C)=C\C(=C/C)c1ccc(C#N)cc1. The molecule has 1 aromatic rings. The minimum absolute atomic E-state index is 0.684. The number of nitrogens with zero attached hydrogens (tertiary/aromatic N) is 1. The highest BCUT2D eigenvalue weighted by Crippen LogP contribution is 2.18. The van der Waals surface area contributed by atoms with Crippen LogP contribution in [0.2, 0.25) is 0 Å². The van der Waals surface area contributed by atoms with Crippen LogP contribution < -0.4 is 0 Å². The fourth-order valence-electron chi connectivity index (χ4n) is 1.37. The second kappa shape index (κ2) is 5.72. The van der Waals surface area contributed by atoms with Gasteiger partial charge in [0.1, 0.15) is 0 Å². The molecule has 0 fully saturated rings. The van der Waals surface area contributed by atoms with Gasteiger partial charge in [0.2, 0.25) is 0 Å². The molecule has 0 saturated heterocycles. The maximum Gasteiger partial charge on any atom is 0.0991 e. The summed E-state index contributed by atoms with van der Waals surface area (Å²) in [6, 6.07) is 9.69. The average molecular weight is 209 g/mol. The van der Waals surface area contributed by atoms with Gasteiger partial charge >= 0.3 is 0 Å². The number of benzene rings is 1. The lowest BCUT2D eigenvalue weighted by Crippen LogP contribution is -1.83. The first-order chi connectivity index (χ1) is 7.71. The Balaban J connectivity index is 3.07. The number of hydrogen-bond acceptors (Lipinski definition) is 1. The van der Waals surface area contributed by atoms with Crippen molar-refractivity contribution in [3.63, 3.8) is 0 Å². The predicted octanol–water partition coefficient (Wildman–Crippen LogP) is 4.09. The first kappa shape index (κ1) is 12.0. The van der Waals surface area contributed by atoms with Crippen molar-refractivity contribution < 1.29 is 0 Å². The summed E-state index contributed by atoms with van der Waals surface area (Å²) < 4.78 is 0. The molecule has 0 atom stereocenters. The van der Waals surface area contributed by atoms with Crippen LogP contribution in [0.1, 0.15) is 25.0 Å². The van der Waals surface area contributed by atoms with E-state index >= 15 is 0 Å². The Labute approximate surface area is 97.0 Å². The van der Waals surface area contributed by atoms with Crippen molar-refractivity contribution in [1.29, 1.82) is 5.26 Å². The van der Waals surface area contributed by atoms with Gasteiger partial charge < -0.3 is 0 Å². The van der Waals surface area contributed by atoms with Crippen LogP contribution in [-0.4, -0.2) is 0 Å². The molecule has 0 radical (unpaired) electrons. The van der Waals surface area contributed by atoms with Crippen molar-refractivity contribution in [3.8, 4) is 6.07 Å². The molecular formula is C15H15N. The Bertz CT molecular complexity index is 467. The van der Waals surface area contributed by atoms with Gasteiger partial charge in [0.25, 0.3) is 0 Å². The van der Waals surface area contributed by atoms with E-state index in [0.717, 1.165) is 16.7 Å². The average Bonchev–Trinajstić information content (AvgIpc) is 2.35. The lowest BCUT2D eigenvalue weighted by molar-refractivity contribution is 1.47. The zero-order valence-electron chi connectivity index (χ0n) is 9.70. The Morgan fingerprint density at radius 3 is 2.38 bits per heavy atom. The molecule has 0 aromatic heterocycles. The summed E-state index contributed by atoms with van der Waals surface area (Å²) >= 11 is 0. The summed E-state index contributed by atoms with van der Waals surface area (Å²) in [4.78, 5) is 0. The van der Waals surface area contributed by atoms with Gasteiger partial charge in [0, 0.05) is 0 Å². The molecule has 0 amide bonds. The lowest BCUT2D eigenvalue weighted by atomic mass is 10.0. The fourth-order valence-corrected chi connectivity index (χ4v) is 1.37. The van der Waals surface area contributed by atoms with E-state index in [0.29, 0.717) is 5.56 Å². The molecule has 0 spiro atoms. The zero-order chi connectivity index (χ0) is 12.0. The van der Waals surface area contributed by atoms with E-state index in [1.54, 1.807) is 0 Å². The molecule has 0 bridgehead atoms. The minimum Gasteiger partial charge on any atom is -0.192 e. The molecule has 0 aliphatic rings. The zero-order valence-corrected chi connectivity index (χ0v) is 9.70. The fraction of sp³-hybridized carbons (Fsp3) is 0.133. The molecule has 0 saturated carbocycles. The van der Waals surface area contributed by atoms with Crippen LogP contribution in [-0.2, 0) is 0 Å². The molecule has 80 valence electrons. The maximum atomic E-state index is 8.72. The van der Waals surface area contributed by atoms with Crippen LogP contribution >= 0.6 is 0 Å². The van der Waals surface area contributed by atoms with Crippen LogP contribution in [0.4, 0.5) is 0 Å². The Morgan fingerprint density at radius 2 is 1.94 bits per heavy atom. The summed E-state index contributed by atoms with van der Waals surface area (Å²) in [6.07, 6.45) is 5.95. The molecule has 1 rings (SSSR count). The first-order valence-corrected chi connectivity index (χ1v) is 5.19. The normalized spacial score (nSPS) is 12.1. The molecule has 16 heavy (non-hydrogen) atoms. The molecular weight excluding hydrogens is 194 g/mol. The van der Waals surface area contributed by atoms with Gasteiger partial charge in [-0.15, -0.1) is 0 Å². The molecule has 0 unspecified atom stereocenters. The monoisotopic (exact) mass is 209 g/mol. The standard InChI is InChI=1S/C15H15N/c1-4-12(3)10-14(5-2)15-8-6-13(11-16)7-9-15/h4-10H,1H2,2-3H3/b12-10-,14-5+. The minimum atomic E-state index is 0.684. The highest BCUT2D eigenvalue weighted by atomic mass is 14.2. The Kier molecular flexibility index (Phi) is 4.29. The molecule has 1 aromatic carbocycles. The van der Waals surface area contributed by atoms with Gasteiger partial charge in [-0.1, -0.05) is 42.5 Å². The number of rotatable bonds is 3. The Morgan fingerprint density at radius 1 is 1.31 bits per heavy atom. The van der Waals surface area contributed by atoms with Crippen molar-refractivity contribution in [3.05, 3.63) is 65.8 Å². The van der Waals surface area contributed by atoms with Crippen molar-refractivity contribution in [2.45, 2.75) is 13.8 Å². The summed E-state index contributed by atoms with van der Waals surface area (Å²) in [5.41, 5.74) is 4.06. The maximum absolute atomic E-state index is 8.72. The quantitative estimate of drug-likeness (QED) is 0.688. The van der Waals surface area contributed by atoms with Crippen LogP contribution in [0, 0.1) is 11.3 Å². The van der Waals surface area contributed by atoms with Crippen molar-refractivity contribution in [1.82, 2.24) is 0 Å². The lowest BCUT2D eigenvalue weighted by Gasteiger charge is -2.03. The summed E-state index contributed by atoms with van der Waals surface area (Å²) in [5.74, 6) is 0. The highest BCUT2D eigenvalue weighted by Gasteiger charge is 1.98. The third kappa shape index (κ3) is 2.96. The van der Waals surface area contributed by atoms with Gasteiger partial charge in [-0.05, 0) is 37.1 Å². The van der Waals surface area contributed by atoms with Gasteiger partial charge in [0.05, 0.1) is 11.6 Å². The van der Waals surface area contributed by atoms with Crippen LogP contribution in [0.15, 0.2) is 54.6 Å². The van der Waals surface area contributed by atoms with Gasteiger partial charge in [0.15, 0.2) is 0 Å². The number of allylic oxidation sites excluding steroid dienone is 5. The van der Waals surface area contributed by atoms with Crippen LogP contribution in [0.5, 0.6) is 0 Å². The van der Waals surface area contributed by atoms with E-state index in [-0.39, 0.29) is 0 Å². The van der Waals surface area contributed by atoms with Gasteiger partial charge in [-0.25, -0.2) is 0 Å². The van der Waals surface area contributed by atoms with Crippen molar-refractivity contribution in [2.24, 2.45) is 0 Å². The second-order valence-electron chi connectivity index (χ2n) is 3.53. The first-order valence-electron chi connectivity index (χ1n) is 5.19. The van der Waals surface area contributed by atoms with Crippen LogP contribution in [0.3, 0.4) is 0 Å². The summed E-state index contributed by atoms with van der Waals surface area (Å²) in [6.45, 7) is 7.74. The van der Waals surface area contributed by atoms with E-state index < -0.39 is 0 Å². The van der Waals surface area contributed by atoms with E-state index in [4.69, 9.17) is 5.26 Å². The molecule has 1 nitrogen and oxygen atoms in total. The molecule has 1 heteroatoms. The predicted molar refractivity (Wildman–Crippen MR) is 68.8 cm³/mol. The largest absolute Gasteiger partial charge is 0.192 e. The van der Waals surface area contributed by atoms with E-state index in [1.807, 2.05) is 50.3 Å². The topological polar surface area (TPSA) is 23.8 Å². The third-order valence-electron chi connectivity index (χ3n) is 2.36. The van der Waals surface area contributed by atoms with E-state index in [2.05, 4.69) is 18.7 Å². The van der Waals surface area contributed by atoms with Crippen LogP contribution in [0.25, 0.3) is 5.57 Å². The molecule has 0 N–H and O–H groups in total. The smallest absolute Gasteiger partial charge is 0.0991 e. The van der Waals surface area contributed by atoms with Crippen molar-refractivity contribution in [2.75, 3.05) is 0 Å². The molecule has 0 aliphatic heterocycles.